The van der Waals surface area contributed by atoms with Gasteiger partial charge in [0.1, 0.15) is 5.82 Å². The van der Waals surface area contributed by atoms with Crippen molar-refractivity contribution >= 4 is 11.8 Å². The van der Waals surface area contributed by atoms with Gasteiger partial charge >= 0.3 is 0 Å². The van der Waals surface area contributed by atoms with Crippen molar-refractivity contribution in [1.82, 2.24) is 19.9 Å². The van der Waals surface area contributed by atoms with Gasteiger partial charge in [-0.15, -0.1) is 0 Å². The third kappa shape index (κ3) is 3.11. The van der Waals surface area contributed by atoms with Crippen molar-refractivity contribution in [2.75, 3.05) is 23.3 Å². The Balaban J connectivity index is 1.44. The molecule has 4 rings (SSSR count). The smallest absolute Gasteiger partial charge is 0.225 e. The molecule has 0 spiro atoms. The van der Waals surface area contributed by atoms with Crippen molar-refractivity contribution in [3.8, 4) is 0 Å². The van der Waals surface area contributed by atoms with Crippen LogP contribution in [0.5, 0.6) is 0 Å². The van der Waals surface area contributed by atoms with Gasteiger partial charge < -0.3 is 10.2 Å². The lowest BCUT2D eigenvalue weighted by Crippen LogP contribution is -2.28. The van der Waals surface area contributed by atoms with Crippen LogP contribution in [-0.4, -0.2) is 39.1 Å². The summed E-state index contributed by atoms with van der Waals surface area (Å²) >= 11 is 0. The Labute approximate surface area is 136 Å². The number of hydrogen-bond acceptors (Lipinski definition) is 6. The summed E-state index contributed by atoms with van der Waals surface area (Å²) in [5.41, 5.74) is 3.08. The van der Waals surface area contributed by atoms with Gasteiger partial charge in [0.15, 0.2) is 0 Å². The zero-order chi connectivity index (χ0) is 15.8. The average Bonchev–Trinajstić information content (AvgIpc) is 3.31. The Kier molecular flexibility index (Phi) is 3.59. The Hall–Kier alpha value is -2.24. The molecular formula is C17H22N6. The highest BCUT2D eigenvalue weighted by atomic mass is 15.3. The Morgan fingerprint density at radius 1 is 1.13 bits per heavy atom. The number of rotatable bonds is 4. The summed E-state index contributed by atoms with van der Waals surface area (Å²) in [6, 6.07) is 2.41. The number of aromatic nitrogens is 4. The first-order valence-electron chi connectivity index (χ1n) is 8.34. The van der Waals surface area contributed by atoms with Gasteiger partial charge in [0.25, 0.3) is 0 Å². The summed E-state index contributed by atoms with van der Waals surface area (Å²) in [7, 11) is 0. The second-order valence-electron chi connectivity index (χ2n) is 6.58. The predicted molar refractivity (Wildman–Crippen MR) is 89.8 cm³/mol. The third-order valence-electron chi connectivity index (χ3n) is 4.55. The van der Waals surface area contributed by atoms with Crippen LogP contribution in [0.25, 0.3) is 0 Å². The van der Waals surface area contributed by atoms with Crippen molar-refractivity contribution in [1.29, 1.82) is 0 Å². The van der Waals surface area contributed by atoms with E-state index in [2.05, 4.69) is 31.2 Å². The molecule has 1 saturated carbocycles. The van der Waals surface area contributed by atoms with Gasteiger partial charge in [-0.2, -0.15) is 0 Å². The monoisotopic (exact) mass is 310 g/mol. The van der Waals surface area contributed by atoms with E-state index in [1.54, 1.807) is 6.20 Å². The van der Waals surface area contributed by atoms with Crippen LogP contribution < -0.4 is 10.2 Å². The summed E-state index contributed by atoms with van der Waals surface area (Å²) in [6.07, 6.45) is 7.30. The number of nitrogens with zero attached hydrogens (tertiary/aromatic N) is 5. The van der Waals surface area contributed by atoms with Gasteiger partial charge in [-0.3, -0.25) is 4.98 Å². The van der Waals surface area contributed by atoms with Crippen LogP contribution in [0.2, 0.25) is 0 Å². The second-order valence-corrected chi connectivity index (χ2v) is 6.58. The van der Waals surface area contributed by atoms with E-state index in [1.807, 2.05) is 20.0 Å². The third-order valence-corrected chi connectivity index (χ3v) is 4.55. The molecule has 0 aromatic carbocycles. The van der Waals surface area contributed by atoms with Crippen molar-refractivity contribution in [3.63, 3.8) is 0 Å². The minimum Gasteiger partial charge on any atom is -0.364 e. The zero-order valence-electron chi connectivity index (χ0n) is 13.7. The van der Waals surface area contributed by atoms with Crippen LogP contribution in [-0.2, 0) is 0 Å². The molecule has 6 heteroatoms. The fraction of sp³-hybridized carbons (Fsp3) is 0.529. The quantitative estimate of drug-likeness (QED) is 0.935. The molecule has 1 unspecified atom stereocenters. The molecule has 2 aromatic rings. The number of nitrogens with one attached hydrogen (secondary N) is 1. The van der Waals surface area contributed by atoms with E-state index in [0.29, 0.717) is 12.0 Å². The standard InChI is InChI=1S/C17H22N6/c1-11-9-19-12(2)16(20-11)21-14-6-8-23(10-14)17-18-7-5-15(22-17)13-3-4-13/h5,7,9,13-14H,3-4,6,8,10H2,1-2H3,(H,20,21). The molecule has 1 aliphatic carbocycles. The first-order chi connectivity index (χ1) is 11.2. The minimum absolute atomic E-state index is 0.359. The van der Waals surface area contributed by atoms with E-state index in [0.717, 1.165) is 42.7 Å². The zero-order valence-corrected chi connectivity index (χ0v) is 13.7. The van der Waals surface area contributed by atoms with E-state index >= 15 is 0 Å². The lowest BCUT2D eigenvalue weighted by atomic mass is 10.2. The first-order valence-corrected chi connectivity index (χ1v) is 8.34. The topological polar surface area (TPSA) is 66.8 Å². The first kappa shape index (κ1) is 14.4. The normalized spacial score (nSPS) is 20.8. The molecule has 2 fully saturated rings. The Bertz CT molecular complexity index is 712. The maximum atomic E-state index is 4.75. The van der Waals surface area contributed by atoms with E-state index in [9.17, 15) is 0 Å². The molecule has 3 heterocycles. The maximum absolute atomic E-state index is 4.75. The molecule has 120 valence electrons. The molecule has 1 saturated heterocycles. The number of hydrogen-bond donors (Lipinski definition) is 1. The molecule has 1 aliphatic heterocycles. The molecule has 2 aliphatic rings. The van der Waals surface area contributed by atoms with Gasteiger partial charge in [-0.1, -0.05) is 0 Å². The summed E-state index contributed by atoms with van der Waals surface area (Å²) in [5, 5.41) is 3.53. The number of anilines is 2. The van der Waals surface area contributed by atoms with Crippen LogP contribution in [0.4, 0.5) is 11.8 Å². The fourth-order valence-electron chi connectivity index (χ4n) is 3.05. The summed E-state index contributed by atoms with van der Waals surface area (Å²) in [5.74, 6) is 2.42. The van der Waals surface area contributed by atoms with E-state index in [4.69, 9.17) is 4.98 Å². The molecule has 1 atom stereocenters. The molecule has 6 nitrogen and oxygen atoms in total. The second kappa shape index (κ2) is 5.76. The minimum atomic E-state index is 0.359. The lowest BCUT2D eigenvalue weighted by Gasteiger charge is -2.18. The highest BCUT2D eigenvalue weighted by Gasteiger charge is 2.28. The lowest BCUT2D eigenvalue weighted by molar-refractivity contribution is 0.791. The van der Waals surface area contributed by atoms with E-state index in [-0.39, 0.29) is 0 Å². The molecule has 1 N–H and O–H groups in total. The highest BCUT2D eigenvalue weighted by molar-refractivity contribution is 5.43. The van der Waals surface area contributed by atoms with E-state index < -0.39 is 0 Å². The van der Waals surface area contributed by atoms with Gasteiger partial charge in [0.2, 0.25) is 5.95 Å². The van der Waals surface area contributed by atoms with Gasteiger partial charge in [0.05, 0.1) is 11.4 Å². The van der Waals surface area contributed by atoms with Gasteiger partial charge in [0, 0.05) is 43.1 Å². The van der Waals surface area contributed by atoms with Crippen LogP contribution in [0.15, 0.2) is 18.5 Å². The molecule has 0 bridgehead atoms. The molecule has 0 amide bonds. The van der Waals surface area contributed by atoms with Crippen LogP contribution >= 0.6 is 0 Å². The van der Waals surface area contributed by atoms with Gasteiger partial charge in [-0.25, -0.2) is 15.0 Å². The summed E-state index contributed by atoms with van der Waals surface area (Å²) in [6.45, 7) is 5.84. The molecule has 23 heavy (non-hydrogen) atoms. The highest BCUT2D eigenvalue weighted by Crippen LogP contribution is 2.39. The Morgan fingerprint density at radius 3 is 2.83 bits per heavy atom. The van der Waals surface area contributed by atoms with Crippen LogP contribution in [0.1, 0.15) is 42.3 Å². The fourth-order valence-corrected chi connectivity index (χ4v) is 3.05. The van der Waals surface area contributed by atoms with Crippen molar-refractivity contribution in [2.24, 2.45) is 0 Å². The SMILES string of the molecule is Cc1cnc(C)c(NC2CCN(c3nccc(C4CC4)n3)C2)n1. The van der Waals surface area contributed by atoms with Gasteiger partial charge in [-0.05, 0) is 39.2 Å². The Morgan fingerprint density at radius 2 is 2.00 bits per heavy atom. The van der Waals surface area contributed by atoms with Crippen molar-refractivity contribution < 1.29 is 0 Å². The largest absolute Gasteiger partial charge is 0.364 e. The molecule has 0 radical (unpaired) electrons. The molecular weight excluding hydrogens is 288 g/mol. The van der Waals surface area contributed by atoms with Crippen LogP contribution in [0, 0.1) is 13.8 Å². The van der Waals surface area contributed by atoms with E-state index in [1.165, 1.54) is 18.5 Å². The predicted octanol–water partition coefficient (Wildman–Crippen LogP) is 2.45. The molecule has 2 aromatic heterocycles. The average molecular weight is 310 g/mol. The summed E-state index contributed by atoms with van der Waals surface area (Å²) in [4.78, 5) is 20.4. The van der Waals surface area contributed by atoms with Crippen molar-refractivity contribution in [2.45, 2.75) is 45.1 Å². The van der Waals surface area contributed by atoms with Crippen molar-refractivity contribution in [3.05, 3.63) is 35.5 Å². The summed E-state index contributed by atoms with van der Waals surface area (Å²) < 4.78 is 0. The van der Waals surface area contributed by atoms with Crippen LogP contribution in [0.3, 0.4) is 0 Å². The number of aryl methyl sites for hydroxylation is 2. The maximum Gasteiger partial charge on any atom is 0.225 e.